The molecule has 1 unspecified atom stereocenters. The Bertz CT molecular complexity index is 1210. The van der Waals surface area contributed by atoms with Crippen LogP contribution in [0.15, 0.2) is 41.0 Å². The van der Waals surface area contributed by atoms with Gasteiger partial charge in [0, 0.05) is 11.2 Å². The summed E-state index contributed by atoms with van der Waals surface area (Å²) in [7, 11) is 0. The van der Waals surface area contributed by atoms with Gasteiger partial charge in [0.2, 0.25) is 0 Å². The summed E-state index contributed by atoms with van der Waals surface area (Å²) in [5.74, 6) is -2.86. The molecule has 33 heavy (non-hydrogen) atoms. The lowest BCUT2D eigenvalue weighted by Gasteiger charge is -2.32. The van der Waals surface area contributed by atoms with E-state index < -0.39 is 35.1 Å². The zero-order chi connectivity index (χ0) is 24.5. The van der Waals surface area contributed by atoms with Crippen LogP contribution in [-0.2, 0) is 4.79 Å². The molecule has 0 saturated heterocycles. The van der Waals surface area contributed by atoms with E-state index in [1.165, 1.54) is 24.5 Å². The average molecular weight is 494 g/mol. The summed E-state index contributed by atoms with van der Waals surface area (Å²) in [6.45, 7) is 5.31. The highest BCUT2D eigenvalue weighted by Crippen LogP contribution is 2.35. The van der Waals surface area contributed by atoms with Gasteiger partial charge in [-0.15, -0.1) is 0 Å². The molecule has 3 amide bonds. The number of rotatable bonds is 6. The highest BCUT2D eigenvalue weighted by Gasteiger charge is 2.38. The summed E-state index contributed by atoms with van der Waals surface area (Å²) in [5.41, 5.74) is 10.2. The highest BCUT2D eigenvalue weighted by molar-refractivity contribution is 7.09. The lowest BCUT2D eigenvalue weighted by Crippen LogP contribution is -2.49. The van der Waals surface area contributed by atoms with Crippen LogP contribution in [0.25, 0.3) is 0 Å². The number of nitrogens with one attached hydrogen (secondary N) is 1. The van der Waals surface area contributed by atoms with Crippen LogP contribution in [0.4, 0.5) is 15.8 Å². The predicted molar refractivity (Wildman–Crippen MR) is 123 cm³/mol. The monoisotopic (exact) mass is 493 g/mol. The van der Waals surface area contributed by atoms with Crippen LogP contribution < -0.4 is 21.7 Å². The van der Waals surface area contributed by atoms with Crippen molar-refractivity contribution < 1.29 is 23.2 Å². The molecule has 0 saturated carbocycles. The molecular formula is C21H21ClFN5O4S. The molecule has 1 aromatic carbocycles. The van der Waals surface area contributed by atoms with Crippen molar-refractivity contribution in [2.45, 2.75) is 32.4 Å². The Morgan fingerprint density at radius 2 is 1.97 bits per heavy atom. The van der Waals surface area contributed by atoms with E-state index in [1.54, 1.807) is 26.8 Å². The molecule has 0 aliphatic rings. The summed E-state index contributed by atoms with van der Waals surface area (Å²) in [5, 5.41) is 2.54. The van der Waals surface area contributed by atoms with Crippen molar-refractivity contribution in [1.82, 2.24) is 9.69 Å². The van der Waals surface area contributed by atoms with Crippen molar-refractivity contribution in [2.24, 2.45) is 5.73 Å². The third kappa shape index (κ3) is 5.15. The second-order valence-corrected chi connectivity index (χ2v) is 9.25. The van der Waals surface area contributed by atoms with Gasteiger partial charge in [-0.3, -0.25) is 19.3 Å². The summed E-state index contributed by atoms with van der Waals surface area (Å²) >= 11 is 6.61. The van der Waals surface area contributed by atoms with Crippen molar-refractivity contribution in [3.05, 3.63) is 63.8 Å². The first-order valence-electron chi connectivity index (χ1n) is 9.59. The third-order valence-electron chi connectivity index (χ3n) is 4.37. The number of benzene rings is 1. The van der Waals surface area contributed by atoms with Gasteiger partial charge in [-0.1, -0.05) is 11.6 Å². The van der Waals surface area contributed by atoms with Gasteiger partial charge >= 0.3 is 0 Å². The quantitative estimate of drug-likeness (QED) is 0.479. The molecule has 174 valence electrons. The largest absolute Gasteiger partial charge is 0.467 e. The number of halogens is 2. The van der Waals surface area contributed by atoms with Gasteiger partial charge in [0.15, 0.2) is 11.7 Å². The fourth-order valence-corrected chi connectivity index (χ4v) is 3.93. The van der Waals surface area contributed by atoms with Gasteiger partial charge in [-0.05, 0) is 62.6 Å². The van der Waals surface area contributed by atoms with E-state index in [4.69, 9.17) is 27.5 Å². The Balaban J connectivity index is 2.22. The average Bonchev–Trinajstić information content (AvgIpc) is 3.36. The molecule has 2 aromatic heterocycles. The topological polar surface area (TPSA) is 145 Å². The Labute approximate surface area is 197 Å². The third-order valence-corrected chi connectivity index (χ3v) is 5.51. The van der Waals surface area contributed by atoms with Gasteiger partial charge in [0.1, 0.15) is 16.5 Å². The van der Waals surface area contributed by atoms with Crippen LogP contribution in [0.3, 0.4) is 0 Å². The minimum absolute atomic E-state index is 0.0882. The number of nitrogens with two attached hydrogens (primary N) is 2. The number of aromatic nitrogens is 1. The fraction of sp³-hybridized carbons (Fsp3) is 0.238. The van der Waals surface area contributed by atoms with Gasteiger partial charge in [0.25, 0.3) is 17.7 Å². The molecule has 1 atom stereocenters. The first kappa shape index (κ1) is 24.2. The van der Waals surface area contributed by atoms with E-state index in [1.807, 2.05) is 0 Å². The van der Waals surface area contributed by atoms with Gasteiger partial charge in [-0.2, -0.15) is 4.37 Å². The molecular weight excluding hydrogens is 473 g/mol. The van der Waals surface area contributed by atoms with Crippen LogP contribution in [0.5, 0.6) is 0 Å². The van der Waals surface area contributed by atoms with E-state index in [0.29, 0.717) is 11.5 Å². The summed E-state index contributed by atoms with van der Waals surface area (Å²) < 4.78 is 23.2. The number of carbonyl (C=O) groups excluding carboxylic acids is 3. The van der Waals surface area contributed by atoms with Crippen LogP contribution in [-0.4, -0.2) is 27.6 Å². The summed E-state index contributed by atoms with van der Waals surface area (Å²) in [6.07, 6.45) is 1.35. The SMILES string of the molecule is CC(C)(C)NC(=O)C(c1ccco1)N(C(=O)c1snc(C(N)=O)c1N)c1ccc(F)c(Cl)c1. The number of primary amides is 1. The Morgan fingerprint density at radius 3 is 2.48 bits per heavy atom. The van der Waals surface area contributed by atoms with Crippen LogP contribution in [0.1, 0.15) is 52.7 Å². The highest BCUT2D eigenvalue weighted by atomic mass is 35.5. The first-order chi connectivity index (χ1) is 15.4. The number of furan rings is 1. The van der Waals surface area contributed by atoms with Crippen molar-refractivity contribution in [1.29, 1.82) is 0 Å². The van der Waals surface area contributed by atoms with Crippen LogP contribution in [0, 0.1) is 5.82 Å². The Kier molecular flexibility index (Phi) is 6.75. The Morgan fingerprint density at radius 1 is 1.27 bits per heavy atom. The summed E-state index contributed by atoms with van der Waals surface area (Å²) in [6, 6.07) is 5.28. The molecule has 0 bridgehead atoms. The maximum Gasteiger partial charge on any atom is 0.273 e. The molecule has 0 radical (unpaired) electrons. The molecule has 0 aliphatic carbocycles. The van der Waals surface area contributed by atoms with E-state index in [9.17, 15) is 18.8 Å². The fourth-order valence-electron chi connectivity index (χ4n) is 3.02. The zero-order valence-corrected chi connectivity index (χ0v) is 19.5. The molecule has 3 rings (SSSR count). The van der Waals surface area contributed by atoms with Crippen molar-refractivity contribution >= 4 is 52.2 Å². The van der Waals surface area contributed by atoms with E-state index in [-0.39, 0.29) is 32.7 Å². The van der Waals surface area contributed by atoms with Crippen molar-refractivity contribution in [2.75, 3.05) is 10.6 Å². The lowest BCUT2D eigenvalue weighted by atomic mass is 10.1. The number of hydrogen-bond donors (Lipinski definition) is 3. The number of anilines is 2. The number of amides is 3. The number of nitrogen functional groups attached to an aromatic ring is 1. The molecule has 5 N–H and O–H groups in total. The molecule has 0 fully saturated rings. The number of hydrogen-bond acceptors (Lipinski definition) is 7. The lowest BCUT2D eigenvalue weighted by molar-refractivity contribution is -0.124. The molecule has 3 aromatic rings. The standard InChI is InChI=1S/C21H21ClFN5O4S/c1-21(2,3)26-19(30)16(13-5-4-8-32-13)28(10-6-7-12(23)11(22)9-10)20(31)17-14(24)15(18(25)29)27-33-17/h4-9,16H,24H2,1-3H3,(H2,25,29)(H,26,30). The first-order valence-corrected chi connectivity index (χ1v) is 10.7. The maximum absolute atomic E-state index is 13.9. The predicted octanol–water partition coefficient (Wildman–Crippen LogP) is 3.51. The molecule has 12 heteroatoms. The van der Waals surface area contributed by atoms with Crippen LogP contribution in [0.2, 0.25) is 5.02 Å². The van der Waals surface area contributed by atoms with Crippen molar-refractivity contribution in [3.63, 3.8) is 0 Å². The molecule has 9 nitrogen and oxygen atoms in total. The molecule has 0 aliphatic heterocycles. The Hall–Kier alpha value is -3.44. The smallest absolute Gasteiger partial charge is 0.273 e. The van der Waals surface area contributed by atoms with E-state index in [0.717, 1.165) is 11.0 Å². The second-order valence-electron chi connectivity index (χ2n) is 8.07. The van der Waals surface area contributed by atoms with Gasteiger partial charge < -0.3 is 21.2 Å². The van der Waals surface area contributed by atoms with Gasteiger partial charge in [-0.25, -0.2) is 4.39 Å². The van der Waals surface area contributed by atoms with Crippen LogP contribution >= 0.6 is 23.1 Å². The van der Waals surface area contributed by atoms with Gasteiger partial charge in [0.05, 0.1) is 17.0 Å². The normalized spacial score (nSPS) is 12.3. The zero-order valence-electron chi connectivity index (χ0n) is 17.9. The second kappa shape index (κ2) is 9.20. The van der Waals surface area contributed by atoms with Crippen molar-refractivity contribution in [3.8, 4) is 0 Å². The van der Waals surface area contributed by atoms with E-state index >= 15 is 0 Å². The number of nitrogens with zero attached hydrogens (tertiary/aromatic N) is 2. The van der Waals surface area contributed by atoms with E-state index in [2.05, 4.69) is 9.69 Å². The minimum Gasteiger partial charge on any atom is -0.467 e. The number of carbonyl (C=O) groups is 3. The maximum atomic E-state index is 13.9. The molecule has 2 heterocycles. The minimum atomic E-state index is -1.33. The summed E-state index contributed by atoms with van der Waals surface area (Å²) in [4.78, 5) is 39.6. The molecule has 0 spiro atoms.